The second kappa shape index (κ2) is 7.42. The molecule has 0 atom stereocenters. The van der Waals surface area contributed by atoms with Crippen molar-refractivity contribution in [2.75, 3.05) is 49.6 Å². The Morgan fingerprint density at radius 3 is 2.42 bits per heavy atom. The topological polar surface area (TPSA) is 30.3 Å². The molecule has 19 heavy (non-hydrogen) atoms. The van der Waals surface area contributed by atoms with Crippen molar-refractivity contribution >= 4 is 17.4 Å². The Morgan fingerprint density at radius 1 is 1.16 bits per heavy atom. The van der Waals surface area contributed by atoms with E-state index in [-0.39, 0.29) is 0 Å². The third kappa shape index (κ3) is 4.15. The lowest BCUT2D eigenvalue weighted by Crippen LogP contribution is -2.46. The SMILES string of the molecule is CSCCCN1CCN(c2ccc(C#N)cc2)CC1. The summed E-state index contributed by atoms with van der Waals surface area (Å²) in [5.74, 6) is 1.26. The molecule has 1 saturated heterocycles. The highest BCUT2D eigenvalue weighted by atomic mass is 32.2. The van der Waals surface area contributed by atoms with Gasteiger partial charge < -0.3 is 4.90 Å². The first-order valence-corrected chi connectivity index (χ1v) is 8.19. The van der Waals surface area contributed by atoms with Gasteiger partial charge in [0.05, 0.1) is 11.6 Å². The van der Waals surface area contributed by atoms with E-state index in [1.54, 1.807) is 0 Å². The highest BCUT2D eigenvalue weighted by Gasteiger charge is 2.16. The van der Waals surface area contributed by atoms with Crippen LogP contribution in [0.25, 0.3) is 0 Å². The second-order valence-electron chi connectivity index (χ2n) is 4.83. The zero-order valence-corrected chi connectivity index (χ0v) is 12.3. The van der Waals surface area contributed by atoms with Crippen molar-refractivity contribution in [1.82, 2.24) is 4.90 Å². The first-order chi connectivity index (χ1) is 9.33. The third-order valence-electron chi connectivity index (χ3n) is 3.56. The molecule has 1 fully saturated rings. The molecular formula is C15H21N3S. The number of thioether (sulfide) groups is 1. The van der Waals surface area contributed by atoms with Gasteiger partial charge in [0.1, 0.15) is 0 Å². The molecule has 1 aliphatic rings. The highest BCUT2D eigenvalue weighted by molar-refractivity contribution is 7.98. The van der Waals surface area contributed by atoms with Crippen molar-refractivity contribution in [2.24, 2.45) is 0 Å². The average Bonchev–Trinajstić information content (AvgIpc) is 2.48. The first kappa shape index (κ1) is 14.2. The molecule has 3 nitrogen and oxygen atoms in total. The van der Waals surface area contributed by atoms with E-state index in [1.807, 2.05) is 23.9 Å². The smallest absolute Gasteiger partial charge is 0.0991 e. The number of benzene rings is 1. The van der Waals surface area contributed by atoms with Crippen LogP contribution in [0.4, 0.5) is 5.69 Å². The van der Waals surface area contributed by atoms with Crippen LogP contribution in [-0.2, 0) is 0 Å². The van der Waals surface area contributed by atoms with Gasteiger partial charge in [-0.2, -0.15) is 17.0 Å². The van der Waals surface area contributed by atoms with Crippen LogP contribution >= 0.6 is 11.8 Å². The van der Waals surface area contributed by atoms with Gasteiger partial charge in [0.15, 0.2) is 0 Å². The second-order valence-corrected chi connectivity index (χ2v) is 5.82. The minimum Gasteiger partial charge on any atom is -0.369 e. The third-order valence-corrected chi connectivity index (χ3v) is 4.25. The number of anilines is 1. The van der Waals surface area contributed by atoms with Gasteiger partial charge in [-0.25, -0.2) is 0 Å². The predicted molar refractivity (Wildman–Crippen MR) is 82.8 cm³/mol. The maximum atomic E-state index is 8.80. The Balaban J connectivity index is 1.80. The molecule has 0 amide bonds. The van der Waals surface area contributed by atoms with Crippen molar-refractivity contribution in [1.29, 1.82) is 5.26 Å². The minimum atomic E-state index is 0.736. The van der Waals surface area contributed by atoms with Gasteiger partial charge in [-0.3, -0.25) is 4.90 Å². The first-order valence-electron chi connectivity index (χ1n) is 6.80. The van der Waals surface area contributed by atoms with Gasteiger partial charge in [0.2, 0.25) is 0 Å². The summed E-state index contributed by atoms with van der Waals surface area (Å²) in [5.41, 5.74) is 1.97. The van der Waals surface area contributed by atoms with Crippen LogP contribution in [0.15, 0.2) is 24.3 Å². The van der Waals surface area contributed by atoms with Crippen molar-refractivity contribution in [3.05, 3.63) is 29.8 Å². The molecule has 0 bridgehead atoms. The van der Waals surface area contributed by atoms with Crippen LogP contribution in [0.1, 0.15) is 12.0 Å². The Kier molecular flexibility index (Phi) is 5.56. The van der Waals surface area contributed by atoms with E-state index in [4.69, 9.17) is 5.26 Å². The molecule has 0 unspecified atom stereocenters. The van der Waals surface area contributed by atoms with E-state index in [9.17, 15) is 0 Å². The van der Waals surface area contributed by atoms with Crippen molar-refractivity contribution in [3.63, 3.8) is 0 Å². The van der Waals surface area contributed by atoms with Gasteiger partial charge in [-0.1, -0.05) is 0 Å². The molecular weight excluding hydrogens is 254 g/mol. The average molecular weight is 275 g/mol. The zero-order valence-electron chi connectivity index (χ0n) is 11.5. The number of piperazine rings is 1. The van der Waals surface area contributed by atoms with Crippen LogP contribution in [0, 0.1) is 11.3 Å². The predicted octanol–water partition coefficient (Wildman–Crippen LogP) is 2.43. The fourth-order valence-corrected chi connectivity index (χ4v) is 2.83. The quantitative estimate of drug-likeness (QED) is 0.772. The Bertz CT molecular complexity index is 416. The molecule has 1 heterocycles. The number of rotatable bonds is 5. The fraction of sp³-hybridized carbons (Fsp3) is 0.533. The lowest BCUT2D eigenvalue weighted by atomic mass is 10.2. The van der Waals surface area contributed by atoms with E-state index in [2.05, 4.69) is 34.3 Å². The lowest BCUT2D eigenvalue weighted by Gasteiger charge is -2.36. The summed E-state index contributed by atoms with van der Waals surface area (Å²) >= 11 is 1.93. The number of hydrogen-bond acceptors (Lipinski definition) is 4. The molecule has 0 aromatic heterocycles. The Hall–Kier alpha value is -1.18. The van der Waals surface area contributed by atoms with E-state index >= 15 is 0 Å². The molecule has 4 heteroatoms. The van der Waals surface area contributed by atoms with Crippen LogP contribution in [0.3, 0.4) is 0 Å². The van der Waals surface area contributed by atoms with Crippen LogP contribution in [0.2, 0.25) is 0 Å². The minimum absolute atomic E-state index is 0.736. The number of hydrogen-bond donors (Lipinski definition) is 0. The summed E-state index contributed by atoms with van der Waals surface area (Å²) in [6.45, 7) is 5.70. The standard InChI is InChI=1S/C15H21N3S/c1-19-12-2-7-17-8-10-18(11-9-17)15-5-3-14(13-16)4-6-15/h3-6H,2,7-12H2,1H3. The highest BCUT2D eigenvalue weighted by Crippen LogP contribution is 2.17. The summed E-state index contributed by atoms with van der Waals surface area (Å²) in [6.07, 6.45) is 3.46. The Morgan fingerprint density at radius 2 is 1.84 bits per heavy atom. The maximum absolute atomic E-state index is 8.80. The maximum Gasteiger partial charge on any atom is 0.0991 e. The number of nitriles is 1. The molecule has 0 saturated carbocycles. The number of nitrogens with zero attached hydrogens (tertiary/aromatic N) is 3. The largest absolute Gasteiger partial charge is 0.369 e. The summed E-state index contributed by atoms with van der Waals surface area (Å²) in [6, 6.07) is 10.1. The summed E-state index contributed by atoms with van der Waals surface area (Å²) in [4.78, 5) is 4.96. The molecule has 0 spiro atoms. The monoisotopic (exact) mass is 275 g/mol. The fourth-order valence-electron chi connectivity index (χ4n) is 2.41. The van der Waals surface area contributed by atoms with Gasteiger partial charge >= 0.3 is 0 Å². The van der Waals surface area contributed by atoms with Crippen LogP contribution < -0.4 is 4.90 Å². The lowest BCUT2D eigenvalue weighted by molar-refractivity contribution is 0.259. The molecule has 1 aromatic rings. The van der Waals surface area contributed by atoms with Gasteiger partial charge in [-0.15, -0.1) is 0 Å². The van der Waals surface area contributed by atoms with E-state index in [1.165, 1.54) is 24.4 Å². The van der Waals surface area contributed by atoms with Crippen molar-refractivity contribution in [3.8, 4) is 6.07 Å². The van der Waals surface area contributed by atoms with Crippen LogP contribution in [-0.4, -0.2) is 49.6 Å². The van der Waals surface area contributed by atoms with Crippen LogP contribution in [0.5, 0.6) is 0 Å². The molecule has 1 aliphatic heterocycles. The molecule has 1 aromatic carbocycles. The molecule has 0 N–H and O–H groups in total. The molecule has 102 valence electrons. The van der Waals surface area contributed by atoms with E-state index in [0.717, 1.165) is 31.7 Å². The van der Waals surface area contributed by atoms with Gasteiger partial charge in [-0.05, 0) is 49.2 Å². The van der Waals surface area contributed by atoms with Crippen molar-refractivity contribution in [2.45, 2.75) is 6.42 Å². The summed E-state index contributed by atoms with van der Waals surface area (Å²) in [7, 11) is 0. The molecule has 2 rings (SSSR count). The van der Waals surface area contributed by atoms with Gasteiger partial charge in [0, 0.05) is 31.9 Å². The van der Waals surface area contributed by atoms with Gasteiger partial charge in [0.25, 0.3) is 0 Å². The normalized spacial score (nSPS) is 16.3. The molecule has 0 aliphatic carbocycles. The Labute approximate surface area is 120 Å². The summed E-state index contributed by atoms with van der Waals surface area (Å²) in [5, 5.41) is 8.80. The van der Waals surface area contributed by atoms with E-state index < -0.39 is 0 Å². The summed E-state index contributed by atoms with van der Waals surface area (Å²) < 4.78 is 0. The zero-order chi connectivity index (χ0) is 13.5. The van der Waals surface area contributed by atoms with Crippen molar-refractivity contribution < 1.29 is 0 Å². The molecule has 0 radical (unpaired) electrons. The van der Waals surface area contributed by atoms with E-state index in [0.29, 0.717) is 0 Å².